The highest BCUT2D eigenvalue weighted by Crippen LogP contribution is 2.40. The Labute approximate surface area is 152 Å². The quantitative estimate of drug-likeness (QED) is 0.237. The second-order valence-electron chi connectivity index (χ2n) is 5.59. The predicted molar refractivity (Wildman–Crippen MR) is 91.5 cm³/mol. The van der Waals surface area contributed by atoms with Crippen LogP contribution in [0.5, 0.6) is 0 Å². The Hall–Kier alpha value is -2.85. The molecule has 2 atom stereocenters. The van der Waals surface area contributed by atoms with Gasteiger partial charge in [-0.2, -0.15) is 0 Å². The van der Waals surface area contributed by atoms with Gasteiger partial charge in [0.25, 0.3) is 11.8 Å². The highest BCUT2D eigenvalue weighted by molar-refractivity contribution is 8.00. The third-order valence-corrected chi connectivity index (χ3v) is 5.43. The molecule has 136 valence electrons. The molecule has 2 aliphatic heterocycles. The van der Waals surface area contributed by atoms with Crippen LogP contribution in [0.25, 0.3) is 0 Å². The van der Waals surface area contributed by atoms with Crippen molar-refractivity contribution in [2.45, 2.75) is 11.4 Å². The Bertz CT molecular complexity index is 823. The zero-order valence-corrected chi connectivity index (χ0v) is 14.1. The molecule has 26 heavy (non-hydrogen) atoms. The Morgan fingerprint density at radius 3 is 2.58 bits per heavy atom. The summed E-state index contributed by atoms with van der Waals surface area (Å²) in [5, 5.41) is 32.6. The Morgan fingerprint density at radius 1 is 1.31 bits per heavy atom. The number of rotatable bonds is 5. The second-order valence-corrected chi connectivity index (χ2v) is 6.70. The fourth-order valence-electron chi connectivity index (χ4n) is 2.84. The molecule has 2 amide bonds. The number of hydrogen-bond acceptors (Lipinski definition) is 7. The van der Waals surface area contributed by atoms with E-state index in [0.29, 0.717) is 5.56 Å². The molecule has 3 rings (SSSR count). The first-order valence-corrected chi connectivity index (χ1v) is 8.63. The number of carboxylic acid groups (broad SMARTS) is 1. The second kappa shape index (κ2) is 7.18. The van der Waals surface area contributed by atoms with Crippen LogP contribution in [-0.4, -0.2) is 67.6 Å². The van der Waals surface area contributed by atoms with Gasteiger partial charge in [-0.3, -0.25) is 14.5 Å². The van der Waals surface area contributed by atoms with Crippen molar-refractivity contribution in [3.63, 3.8) is 0 Å². The molecule has 0 saturated carbocycles. The number of nitrogens with one attached hydrogen (secondary N) is 1. The summed E-state index contributed by atoms with van der Waals surface area (Å²) < 4.78 is 0. The molecule has 1 aromatic rings. The standard InChI is InChI=1S/C16H15N3O6S/c20-6-9-7-26-15-11(14(22)19(15)12(9)16(23)24)17-13(21)10(18-25)8-4-2-1-3-5-8/h1-5,11,15,20,25H,6-7H2,(H,17,21)(H,23,24)/b18-10+/t11-,15-/m1/s1. The minimum atomic E-state index is -1.31. The summed E-state index contributed by atoms with van der Waals surface area (Å²) in [6, 6.07) is 7.29. The number of aliphatic hydroxyl groups excluding tert-OH is 1. The van der Waals surface area contributed by atoms with Crippen molar-refractivity contribution in [2.75, 3.05) is 12.4 Å². The Balaban J connectivity index is 1.77. The van der Waals surface area contributed by atoms with Crippen LogP contribution in [0.15, 0.2) is 46.8 Å². The molecule has 0 aliphatic carbocycles. The summed E-state index contributed by atoms with van der Waals surface area (Å²) in [6.45, 7) is -0.461. The number of aliphatic hydroxyl groups is 1. The number of thioether (sulfide) groups is 1. The summed E-state index contributed by atoms with van der Waals surface area (Å²) in [6.07, 6.45) is 0. The van der Waals surface area contributed by atoms with E-state index in [1.165, 1.54) is 11.8 Å². The van der Waals surface area contributed by atoms with E-state index in [1.54, 1.807) is 30.3 Å². The first kappa shape index (κ1) is 18.0. The van der Waals surface area contributed by atoms with Gasteiger partial charge in [0.05, 0.1) is 6.61 Å². The minimum absolute atomic E-state index is 0.235. The van der Waals surface area contributed by atoms with Crippen molar-refractivity contribution in [2.24, 2.45) is 5.16 Å². The summed E-state index contributed by atoms with van der Waals surface area (Å²) in [5.74, 6) is -2.41. The van der Waals surface area contributed by atoms with Gasteiger partial charge in [0.2, 0.25) is 0 Å². The predicted octanol–water partition coefficient (Wildman–Crippen LogP) is -0.404. The average molecular weight is 377 g/mol. The van der Waals surface area contributed by atoms with Gasteiger partial charge in [0.15, 0.2) is 5.71 Å². The van der Waals surface area contributed by atoms with Crippen LogP contribution in [0, 0.1) is 0 Å². The van der Waals surface area contributed by atoms with Crippen LogP contribution in [0.4, 0.5) is 0 Å². The average Bonchev–Trinajstić information content (AvgIpc) is 2.66. The van der Waals surface area contributed by atoms with Gasteiger partial charge in [-0.05, 0) is 5.57 Å². The van der Waals surface area contributed by atoms with Gasteiger partial charge in [-0.25, -0.2) is 4.79 Å². The van der Waals surface area contributed by atoms with Gasteiger partial charge in [-0.15, -0.1) is 11.8 Å². The molecule has 0 spiro atoms. The lowest BCUT2D eigenvalue weighted by molar-refractivity contribution is -0.150. The van der Waals surface area contributed by atoms with E-state index in [0.717, 1.165) is 4.90 Å². The highest BCUT2D eigenvalue weighted by Gasteiger charge is 2.54. The van der Waals surface area contributed by atoms with Gasteiger partial charge in [0.1, 0.15) is 17.1 Å². The van der Waals surface area contributed by atoms with Gasteiger partial charge in [0, 0.05) is 11.3 Å². The van der Waals surface area contributed by atoms with E-state index >= 15 is 0 Å². The molecule has 2 heterocycles. The van der Waals surface area contributed by atoms with Crippen molar-refractivity contribution in [1.29, 1.82) is 0 Å². The molecule has 10 heteroatoms. The summed E-state index contributed by atoms with van der Waals surface area (Å²) in [5.41, 5.74) is 0.133. The van der Waals surface area contributed by atoms with Gasteiger partial charge >= 0.3 is 5.97 Å². The zero-order chi connectivity index (χ0) is 18.8. The number of aliphatic carboxylic acids is 1. The number of fused-ring (bicyclic) bond motifs is 1. The van der Waals surface area contributed by atoms with Crippen LogP contribution < -0.4 is 5.32 Å². The molecular weight excluding hydrogens is 362 g/mol. The Kier molecular flexibility index (Phi) is 4.96. The Morgan fingerprint density at radius 2 is 2.00 bits per heavy atom. The molecule has 1 aromatic carbocycles. The third-order valence-electron chi connectivity index (χ3n) is 4.09. The van der Waals surface area contributed by atoms with Gasteiger partial charge in [-0.1, -0.05) is 35.5 Å². The van der Waals surface area contributed by atoms with Crippen molar-refractivity contribution >= 4 is 35.3 Å². The smallest absolute Gasteiger partial charge is 0.352 e. The van der Waals surface area contributed by atoms with Crippen molar-refractivity contribution in [1.82, 2.24) is 10.2 Å². The first-order valence-electron chi connectivity index (χ1n) is 7.58. The topological polar surface area (TPSA) is 140 Å². The molecule has 0 aromatic heterocycles. The number of amides is 2. The van der Waals surface area contributed by atoms with E-state index in [1.807, 2.05) is 0 Å². The molecule has 0 radical (unpaired) electrons. The normalized spacial score (nSPS) is 22.6. The fourth-order valence-corrected chi connectivity index (χ4v) is 4.18. The highest BCUT2D eigenvalue weighted by atomic mass is 32.2. The summed E-state index contributed by atoms with van der Waals surface area (Å²) >= 11 is 1.24. The molecular formula is C16H15N3O6S. The molecule has 0 unspecified atom stereocenters. The minimum Gasteiger partial charge on any atom is -0.477 e. The molecule has 1 saturated heterocycles. The number of carbonyl (C=O) groups excluding carboxylic acids is 2. The maximum atomic E-state index is 12.4. The molecule has 2 aliphatic rings. The van der Waals surface area contributed by atoms with Gasteiger partial charge < -0.3 is 20.7 Å². The van der Waals surface area contributed by atoms with Crippen molar-refractivity contribution in [3.05, 3.63) is 47.2 Å². The maximum Gasteiger partial charge on any atom is 0.352 e. The van der Waals surface area contributed by atoms with Crippen LogP contribution in [0.3, 0.4) is 0 Å². The van der Waals surface area contributed by atoms with E-state index in [9.17, 15) is 24.6 Å². The van der Waals surface area contributed by atoms with E-state index < -0.39 is 35.8 Å². The third kappa shape index (κ3) is 2.93. The van der Waals surface area contributed by atoms with E-state index in [2.05, 4.69) is 10.5 Å². The van der Waals surface area contributed by atoms with E-state index in [-0.39, 0.29) is 22.7 Å². The number of β-lactam (4-membered cyclic amide) rings is 1. The first-order chi connectivity index (χ1) is 12.5. The van der Waals surface area contributed by atoms with E-state index in [4.69, 9.17) is 5.21 Å². The molecule has 1 fully saturated rings. The monoisotopic (exact) mass is 377 g/mol. The molecule has 4 N–H and O–H groups in total. The molecule has 9 nitrogen and oxygen atoms in total. The fraction of sp³-hybridized carbons (Fsp3) is 0.250. The van der Waals surface area contributed by atoms with Crippen molar-refractivity contribution in [3.8, 4) is 0 Å². The number of benzene rings is 1. The number of carbonyl (C=O) groups is 3. The molecule has 0 bridgehead atoms. The lowest BCUT2D eigenvalue weighted by atomic mass is 10.0. The lowest BCUT2D eigenvalue weighted by Crippen LogP contribution is -2.71. The van der Waals surface area contributed by atoms with Crippen molar-refractivity contribution < 1.29 is 29.8 Å². The number of hydrogen-bond donors (Lipinski definition) is 4. The zero-order valence-electron chi connectivity index (χ0n) is 13.3. The summed E-state index contributed by atoms with van der Waals surface area (Å²) in [7, 11) is 0. The maximum absolute atomic E-state index is 12.4. The van der Waals surface area contributed by atoms with Crippen LogP contribution in [-0.2, 0) is 14.4 Å². The number of oxime groups is 1. The number of carboxylic acids is 1. The lowest BCUT2D eigenvalue weighted by Gasteiger charge is -2.49. The largest absolute Gasteiger partial charge is 0.477 e. The van der Waals surface area contributed by atoms with Crippen LogP contribution in [0.1, 0.15) is 5.56 Å². The van der Waals surface area contributed by atoms with Crippen LogP contribution in [0.2, 0.25) is 0 Å². The summed E-state index contributed by atoms with van der Waals surface area (Å²) in [4.78, 5) is 37.2. The number of nitrogens with zero attached hydrogens (tertiary/aromatic N) is 2. The SMILES string of the molecule is O=C(O)C1=C(CO)CS[C@@H]2[C@H](NC(=O)/C(=N/O)c3ccccc3)C(=O)N12. The van der Waals surface area contributed by atoms with Crippen LogP contribution >= 0.6 is 11.8 Å².